The second-order valence-corrected chi connectivity index (χ2v) is 3.45. The van der Waals surface area contributed by atoms with E-state index in [0.29, 0.717) is 5.75 Å². The van der Waals surface area contributed by atoms with Gasteiger partial charge < -0.3 is 10.5 Å². The molecule has 1 heterocycles. The van der Waals surface area contributed by atoms with Gasteiger partial charge >= 0.3 is 0 Å². The Hall–Kier alpha value is -1.09. The van der Waals surface area contributed by atoms with Crippen LogP contribution < -0.4 is 10.5 Å². The summed E-state index contributed by atoms with van der Waals surface area (Å²) in [7, 11) is 0. The highest BCUT2D eigenvalue weighted by Gasteiger charge is 2.22. The van der Waals surface area contributed by atoms with Crippen LogP contribution >= 0.6 is 0 Å². The van der Waals surface area contributed by atoms with E-state index in [0.717, 1.165) is 12.0 Å². The molecule has 1 unspecified atom stereocenters. The molecule has 0 saturated heterocycles. The van der Waals surface area contributed by atoms with E-state index in [4.69, 9.17) is 10.5 Å². The summed E-state index contributed by atoms with van der Waals surface area (Å²) in [6.07, 6.45) is 0.864. The Kier molecular flexibility index (Phi) is 1.96. The minimum absolute atomic E-state index is 0.0284. The van der Waals surface area contributed by atoms with Crippen molar-refractivity contribution in [2.45, 2.75) is 25.5 Å². The fraction of sp³-hybridized carbons (Fsp3) is 0.400. The molecule has 3 heteroatoms. The monoisotopic (exact) mass is 181 g/mol. The highest BCUT2D eigenvalue weighted by Crippen LogP contribution is 2.33. The van der Waals surface area contributed by atoms with Crippen LogP contribution in [0.25, 0.3) is 0 Å². The van der Waals surface area contributed by atoms with Crippen LogP contribution in [0.15, 0.2) is 18.2 Å². The number of hydrogen-bond acceptors (Lipinski definition) is 2. The second kappa shape index (κ2) is 3.00. The number of fused-ring (bicyclic) bond motifs is 1. The van der Waals surface area contributed by atoms with E-state index in [2.05, 4.69) is 0 Å². The molecule has 0 amide bonds. The maximum absolute atomic E-state index is 12.8. The molecule has 1 aliphatic rings. The molecule has 0 aliphatic carbocycles. The van der Waals surface area contributed by atoms with Gasteiger partial charge in [0.05, 0.1) is 6.10 Å². The Morgan fingerprint density at radius 3 is 3.08 bits per heavy atom. The van der Waals surface area contributed by atoms with Crippen molar-refractivity contribution in [1.82, 2.24) is 0 Å². The van der Waals surface area contributed by atoms with E-state index in [9.17, 15) is 4.39 Å². The maximum atomic E-state index is 12.8. The van der Waals surface area contributed by atoms with Gasteiger partial charge in [0.15, 0.2) is 0 Å². The Balaban J connectivity index is 2.43. The van der Waals surface area contributed by atoms with Crippen molar-refractivity contribution in [3.05, 3.63) is 29.6 Å². The molecule has 1 aliphatic heterocycles. The predicted octanol–water partition coefficient (Wildman–Crippen LogP) is 2.00. The molecule has 2 rings (SSSR count). The molecule has 0 spiro atoms. The van der Waals surface area contributed by atoms with Crippen molar-refractivity contribution in [3.63, 3.8) is 0 Å². The van der Waals surface area contributed by atoms with Crippen molar-refractivity contribution in [2.24, 2.45) is 5.73 Å². The standard InChI is InChI=1S/C10H12FNO/c1-6-4-9(12)8-3-2-7(11)5-10(8)13-6/h2-3,5-6,9H,4,12H2,1H3/t6?,9-/m1/s1. The van der Waals surface area contributed by atoms with Crippen molar-refractivity contribution in [1.29, 1.82) is 0 Å². The molecule has 1 aromatic rings. The van der Waals surface area contributed by atoms with E-state index < -0.39 is 0 Å². The zero-order valence-electron chi connectivity index (χ0n) is 7.46. The van der Waals surface area contributed by atoms with E-state index in [1.54, 1.807) is 6.07 Å². The zero-order chi connectivity index (χ0) is 9.42. The Morgan fingerprint density at radius 2 is 2.31 bits per heavy atom. The quantitative estimate of drug-likeness (QED) is 0.664. The molecule has 0 bridgehead atoms. The highest BCUT2D eigenvalue weighted by molar-refractivity contribution is 5.38. The molecule has 0 aromatic heterocycles. The number of halogens is 1. The van der Waals surface area contributed by atoms with Crippen molar-refractivity contribution >= 4 is 0 Å². The summed E-state index contributed by atoms with van der Waals surface area (Å²) in [5.41, 5.74) is 6.79. The van der Waals surface area contributed by atoms with Crippen molar-refractivity contribution < 1.29 is 9.13 Å². The van der Waals surface area contributed by atoms with Crippen LogP contribution in [0.4, 0.5) is 4.39 Å². The summed E-state index contributed by atoms with van der Waals surface area (Å²) in [4.78, 5) is 0. The summed E-state index contributed by atoms with van der Waals surface area (Å²) < 4.78 is 18.3. The molecule has 0 fully saturated rings. The molecular formula is C10H12FNO. The average Bonchev–Trinajstić information content (AvgIpc) is 2.02. The van der Waals surface area contributed by atoms with E-state index in [-0.39, 0.29) is 18.0 Å². The van der Waals surface area contributed by atoms with Gasteiger partial charge in [-0.1, -0.05) is 6.07 Å². The van der Waals surface area contributed by atoms with Gasteiger partial charge in [0.25, 0.3) is 0 Å². The van der Waals surface area contributed by atoms with Gasteiger partial charge in [0.1, 0.15) is 11.6 Å². The van der Waals surface area contributed by atoms with Crippen LogP contribution in [0, 0.1) is 5.82 Å². The number of hydrogen-bond donors (Lipinski definition) is 1. The van der Waals surface area contributed by atoms with Gasteiger partial charge in [-0.25, -0.2) is 4.39 Å². The SMILES string of the molecule is CC1C[C@@H](N)c2ccc(F)cc2O1. The molecule has 70 valence electrons. The molecule has 0 radical (unpaired) electrons. The molecule has 1 aromatic carbocycles. The van der Waals surface area contributed by atoms with E-state index in [1.807, 2.05) is 6.92 Å². The first-order chi connectivity index (χ1) is 6.16. The average molecular weight is 181 g/mol. The van der Waals surface area contributed by atoms with Crippen molar-refractivity contribution in [3.8, 4) is 5.75 Å². The third kappa shape index (κ3) is 1.52. The van der Waals surface area contributed by atoms with Gasteiger partial charge in [-0.2, -0.15) is 0 Å². The van der Waals surface area contributed by atoms with E-state index >= 15 is 0 Å². The molecule has 0 saturated carbocycles. The van der Waals surface area contributed by atoms with Gasteiger partial charge in [0, 0.05) is 24.1 Å². The summed E-state index contributed by atoms with van der Waals surface area (Å²) >= 11 is 0. The lowest BCUT2D eigenvalue weighted by molar-refractivity contribution is 0.176. The van der Waals surface area contributed by atoms with Gasteiger partial charge in [-0.05, 0) is 13.0 Å². The largest absolute Gasteiger partial charge is 0.490 e. The van der Waals surface area contributed by atoms with Crippen molar-refractivity contribution in [2.75, 3.05) is 0 Å². The lowest BCUT2D eigenvalue weighted by Crippen LogP contribution is -2.27. The van der Waals surface area contributed by atoms with Crippen LogP contribution in [0.1, 0.15) is 24.9 Å². The van der Waals surface area contributed by atoms with Crippen LogP contribution in [-0.4, -0.2) is 6.10 Å². The second-order valence-electron chi connectivity index (χ2n) is 3.45. The lowest BCUT2D eigenvalue weighted by atomic mass is 9.98. The molecule has 13 heavy (non-hydrogen) atoms. The third-order valence-corrected chi connectivity index (χ3v) is 2.29. The molecule has 2 atom stereocenters. The van der Waals surface area contributed by atoms with E-state index in [1.165, 1.54) is 12.1 Å². The van der Waals surface area contributed by atoms with Gasteiger partial charge in [-0.15, -0.1) is 0 Å². The number of benzene rings is 1. The molecule has 2 nitrogen and oxygen atoms in total. The summed E-state index contributed by atoms with van der Waals surface area (Å²) in [6, 6.07) is 4.48. The topological polar surface area (TPSA) is 35.2 Å². The van der Waals surface area contributed by atoms with Gasteiger partial charge in [-0.3, -0.25) is 0 Å². The van der Waals surface area contributed by atoms with Crippen LogP contribution in [0.5, 0.6) is 5.75 Å². The van der Waals surface area contributed by atoms with Crippen LogP contribution in [-0.2, 0) is 0 Å². The number of rotatable bonds is 0. The first-order valence-electron chi connectivity index (χ1n) is 4.38. The normalized spacial score (nSPS) is 26.4. The Morgan fingerprint density at radius 1 is 1.54 bits per heavy atom. The predicted molar refractivity (Wildman–Crippen MR) is 48.0 cm³/mol. The lowest BCUT2D eigenvalue weighted by Gasteiger charge is -2.27. The minimum atomic E-state index is -0.278. The summed E-state index contributed by atoms with van der Waals surface area (Å²) in [5, 5.41) is 0. The third-order valence-electron chi connectivity index (χ3n) is 2.29. The summed E-state index contributed by atoms with van der Waals surface area (Å²) in [6.45, 7) is 1.94. The number of nitrogens with two attached hydrogens (primary N) is 1. The van der Waals surface area contributed by atoms with Gasteiger partial charge in [0.2, 0.25) is 0 Å². The summed E-state index contributed by atoms with van der Waals surface area (Å²) in [5.74, 6) is 0.311. The zero-order valence-corrected chi connectivity index (χ0v) is 7.46. The minimum Gasteiger partial charge on any atom is -0.490 e. The Bertz CT molecular complexity index is 327. The van der Waals surface area contributed by atoms with Crippen LogP contribution in [0.2, 0.25) is 0 Å². The Labute approximate surface area is 76.5 Å². The molecule has 2 N–H and O–H groups in total. The maximum Gasteiger partial charge on any atom is 0.127 e. The number of ether oxygens (including phenoxy) is 1. The first-order valence-corrected chi connectivity index (χ1v) is 4.38. The highest BCUT2D eigenvalue weighted by atomic mass is 19.1. The first kappa shape index (κ1) is 8.51. The fourth-order valence-corrected chi connectivity index (χ4v) is 1.67. The smallest absolute Gasteiger partial charge is 0.127 e. The fourth-order valence-electron chi connectivity index (χ4n) is 1.67. The van der Waals surface area contributed by atoms with Crippen LogP contribution in [0.3, 0.4) is 0 Å². The molecular weight excluding hydrogens is 169 g/mol.